The van der Waals surface area contributed by atoms with Crippen molar-refractivity contribution in [2.75, 3.05) is 13.2 Å². The molecule has 1 aliphatic heterocycles. The van der Waals surface area contributed by atoms with Gasteiger partial charge in [-0.25, -0.2) is 9.79 Å². The lowest BCUT2D eigenvalue weighted by Crippen LogP contribution is -2.06. The summed E-state index contributed by atoms with van der Waals surface area (Å²) in [6.07, 6.45) is 1.71. The van der Waals surface area contributed by atoms with Crippen molar-refractivity contribution < 1.29 is 19.0 Å². The van der Waals surface area contributed by atoms with Crippen molar-refractivity contribution in [3.63, 3.8) is 0 Å². The molecular weight excluding hydrogens is 326 g/mol. The maximum Gasteiger partial charge on any atom is 0.363 e. The lowest BCUT2D eigenvalue weighted by atomic mass is 10.2. The Balaban J connectivity index is 1.91. The van der Waals surface area contributed by atoms with Gasteiger partial charge in [0.15, 0.2) is 17.2 Å². The van der Waals surface area contributed by atoms with E-state index in [1.54, 1.807) is 35.6 Å². The van der Waals surface area contributed by atoms with Gasteiger partial charge in [-0.15, -0.1) is 0 Å². The molecule has 3 rings (SSSR count). The number of benzene rings is 1. The topological polar surface area (TPSA) is 57.1 Å². The number of rotatable bonds is 6. The zero-order valence-corrected chi connectivity index (χ0v) is 14.3. The third kappa shape index (κ3) is 3.49. The molecule has 0 radical (unpaired) electrons. The van der Waals surface area contributed by atoms with Crippen LogP contribution in [0, 0.1) is 0 Å². The second-order valence-electron chi connectivity index (χ2n) is 4.92. The number of nitrogens with zero attached hydrogens (tertiary/aromatic N) is 1. The maximum atomic E-state index is 12.0. The van der Waals surface area contributed by atoms with E-state index in [2.05, 4.69) is 4.99 Å². The van der Waals surface area contributed by atoms with Gasteiger partial charge in [0, 0.05) is 5.56 Å². The second kappa shape index (κ2) is 7.31. The minimum Gasteiger partial charge on any atom is -0.490 e. The molecule has 24 heavy (non-hydrogen) atoms. The Labute approximate surface area is 144 Å². The Morgan fingerprint density at radius 2 is 1.96 bits per heavy atom. The molecular formula is C18H17NO4S. The third-order valence-corrected chi connectivity index (χ3v) is 3.96. The fraction of sp³-hybridized carbons (Fsp3) is 0.222. The van der Waals surface area contributed by atoms with Crippen molar-refractivity contribution in [2.24, 2.45) is 4.99 Å². The summed E-state index contributed by atoms with van der Waals surface area (Å²) in [5.41, 5.74) is 1.89. The van der Waals surface area contributed by atoms with Gasteiger partial charge in [-0.3, -0.25) is 0 Å². The average molecular weight is 343 g/mol. The Bertz CT molecular complexity index is 793. The maximum absolute atomic E-state index is 12.0. The van der Waals surface area contributed by atoms with E-state index in [1.165, 1.54) is 0 Å². The zero-order valence-electron chi connectivity index (χ0n) is 13.4. The first kappa shape index (κ1) is 16.3. The van der Waals surface area contributed by atoms with Gasteiger partial charge in [0.05, 0.1) is 13.2 Å². The number of ether oxygens (including phenoxy) is 3. The molecule has 0 saturated carbocycles. The Morgan fingerprint density at radius 1 is 1.17 bits per heavy atom. The van der Waals surface area contributed by atoms with Gasteiger partial charge in [-0.1, -0.05) is 0 Å². The van der Waals surface area contributed by atoms with Crippen molar-refractivity contribution >= 4 is 29.3 Å². The summed E-state index contributed by atoms with van der Waals surface area (Å²) in [6, 6.07) is 7.28. The van der Waals surface area contributed by atoms with E-state index in [1.807, 2.05) is 30.7 Å². The molecule has 1 aromatic carbocycles. The van der Waals surface area contributed by atoms with E-state index < -0.39 is 5.97 Å². The van der Waals surface area contributed by atoms with Gasteiger partial charge in [0.2, 0.25) is 5.90 Å². The monoisotopic (exact) mass is 343 g/mol. The Kier molecular flexibility index (Phi) is 4.96. The van der Waals surface area contributed by atoms with Crippen LogP contribution < -0.4 is 9.47 Å². The van der Waals surface area contributed by atoms with E-state index in [-0.39, 0.29) is 11.6 Å². The molecule has 0 N–H and O–H groups in total. The van der Waals surface area contributed by atoms with Crippen LogP contribution in [0.5, 0.6) is 11.5 Å². The van der Waals surface area contributed by atoms with Crippen molar-refractivity contribution in [3.05, 3.63) is 51.8 Å². The first-order valence-electron chi connectivity index (χ1n) is 7.66. The van der Waals surface area contributed by atoms with Crippen LogP contribution in [0.25, 0.3) is 6.08 Å². The summed E-state index contributed by atoms with van der Waals surface area (Å²) in [4.78, 5) is 16.3. The average Bonchev–Trinajstić information content (AvgIpc) is 3.20. The van der Waals surface area contributed by atoms with E-state index in [9.17, 15) is 4.79 Å². The van der Waals surface area contributed by atoms with E-state index >= 15 is 0 Å². The molecule has 0 fully saturated rings. The Hall–Kier alpha value is -2.60. The third-order valence-electron chi connectivity index (χ3n) is 3.26. The van der Waals surface area contributed by atoms with E-state index in [4.69, 9.17) is 14.2 Å². The van der Waals surface area contributed by atoms with Crippen molar-refractivity contribution in [1.82, 2.24) is 0 Å². The van der Waals surface area contributed by atoms with E-state index in [0.29, 0.717) is 30.3 Å². The minimum absolute atomic E-state index is 0.269. The van der Waals surface area contributed by atoms with Gasteiger partial charge in [-0.05, 0) is 60.5 Å². The normalized spacial score (nSPS) is 15.3. The predicted octanol–water partition coefficient (Wildman–Crippen LogP) is 3.89. The SMILES string of the molecule is CCOc1ccc(C2=N/C(=C/c3ccsc3)C(=O)O2)cc1OCC. The molecule has 1 aromatic heterocycles. The second-order valence-corrected chi connectivity index (χ2v) is 5.70. The summed E-state index contributed by atoms with van der Waals surface area (Å²) >= 11 is 1.56. The highest BCUT2D eigenvalue weighted by atomic mass is 32.1. The number of carbonyl (C=O) groups excluding carboxylic acids is 1. The summed E-state index contributed by atoms with van der Waals surface area (Å²) < 4.78 is 16.4. The number of hydrogen-bond donors (Lipinski definition) is 0. The van der Waals surface area contributed by atoms with Crippen LogP contribution in [0.3, 0.4) is 0 Å². The molecule has 5 nitrogen and oxygen atoms in total. The van der Waals surface area contributed by atoms with Gasteiger partial charge < -0.3 is 14.2 Å². The number of carbonyl (C=O) groups is 1. The summed E-state index contributed by atoms with van der Waals surface area (Å²) in [5, 5.41) is 3.88. The van der Waals surface area contributed by atoms with Gasteiger partial charge in [0.25, 0.3) is 0 Å². The highest BCUT2D eigenvalue weighted by Crippen LogP contribution is 2.30. The smallest absolute Gasteiger partial charge is 0.363 e. The van der Waals surface area contributed by atoms with Crippen LogP contribution in [0.1, 0.15) is 25.0 Å². The van der Waals surface area contributed by atoms with Crippen molar-refractivity contribution in [2.45, 2.75) is 13.8 Å². The minimum atomic E-state index is -0.456. The van der Waals surface area contributed by atoms with Gasteiger partial charge in [-0.2, -0.15) is 11.3 Å². The molecule has 2 aromatic rings. The first-order valence-corrected chi connectivity index (χ1v) is 8.60. The van der Waals surface area contributed by atoms with Crippen LogP contribution in [0.2, 0.25) is 0 Å². The lowest BCUT2D eigenvalue weighted by molar-refractivity contribution is -0.129. The fourth-order valence-corrected chi connectivity index (χ4v) is 2.85. The Morgan fingerprint density at radius 3 is 2.67 bits per heavy atom. The summed E-state index contributed by atoms with van der Waals surface area (Å²) in [7, 11) is 0. The van der Waals surface area contributed by atoms with Crippen LogP contribution in [-0.4, -0.2) is 25.1 Å². The quantitative estimate of drug-likeness (QED) is 0.590. The van der Waals surface area contributed by atoms with Crippen molar-refractivity contribution in [3.8, 4) is 11.5 Å². The van der Waals surface area contributed by atoms with Gasteiger partial charge >= 0.3 is 5.97 Å². The molecule has 6 heteroatoms. The number of cyclic esters (lactones) is 1. The highest BCUT2D eigenvalue weighted by molar-refractivity contribution is 7.08. The molecule has 0 unspecified atom stereocenters. The standard InChI is InChI=1S/C18H17NO4S/c1-3-21-15-6-5-13(10-16(15)22-4-2)17-19-14(18(20)23-17)9-12-7-8-24-11-12/h5-11H,3-4H2,1-2H3/b14-9+. The van der Waals surface area contributed by atoms with Crippen LogP contribution >= 0.6 is 11.3 Å². The number of hydrogen-bond acceptors (Lipinski definition) is 6. The molecule has 0 aliphatic carbocycles. The molecule has 0 saturated heterocycles. The van der Waals surface area contributed by atoms with Crippen LogP contribution in [0.15, 0.2) is 45.7 Å². The fourth-order valence-electron chi connectivity index (χ4n) is 2.23. The zero-order chi connectivity index (χ0) is 16.9. The molecule has 124 valence electrons. The number of esters is 1. The molecule has 2 heterocycles. The lowest BCUT2D eigenvalue weighted by Gasteiger charge is -2.11. The summed E-state index contributed by atoms with van der Waals surface area (Å²) in [6.45, 7) is 4.87. The van der Waals surface area contributed by atoms with Crippen LogP contribution in [-0.2, 0) is 9.53 Å². The molecule has 0 spiro atoms. The molecule has 0 atom stereocenters. The number of thiophene rings is 1. The first-order chi connectivity index (χ1) is 11.7. The molecule has 1 aliphatic rings. The number of aliphatic imine (C=N–C) groups is 1. The predicted molar refractivity (Wildman–Crippen MR) is 93.7 cm³/mol. The molecule has 0 amide bonds. The largest absolute Gasteiger partial charge is 0.490 e. The van der Waals surface area contributed by atoms with Gasteiger partial charge in [0.1, 0.15) is 0 Å². The van der Waals surface area contributed by atoms with Crippen molar-refractivity contribution in [1.29, 1.82) is 0 Å². The van der Waals surface area contributed by atoms with E-state index in [0.717, 1.165) is 5.56 Å². The van der Waals surface area contributed by atoms with Crippen LogP contribution in [0.4, 0.5) is 0 Å². The summed E-state index contributed by atoms with van der Waals surface area (Å²) in [5.74, 6) is 1.07. The molecule has 0 bridgehead atoms. The highest BCUT2D eigenvalue weighted by Gasteiger charge is 2.25.